The van der Waals surface area contributed by atoms with Gasteiger partial charge >= 0.3 is 0 Å². The normalized spacial score (nSPS) is 11.7. The van der Waals surface area contributed by atoms with Crippen molar-refractivity contribution in [2.24, 2.45) is 0 Å². The van der Waals surface area contributed by atoms with Gasteiger partial charge in [-0.1, -0.05) is 13.8 Å². The second-order valence-electron chi connectivity index (χ2n) is 6.25. The molecule has 4 aromatic heterocycles. The molecule has 0 aliphatic rings. The van der Waals surface area contributed by atoms with E-state index in [1.165, 1.54) is 0 Å². The highest BCUT2D eigenvalue weighted by Crippen LogP contribution is 2.38. The van der Waals surface area contributed by atoms with Gasteiger partial charge in [-0.05, 0) is 37.4 Å². The van der Waals surface area contributed by atoms with Crippen LogP contribution in [0.4, 0.5) is 0 Å². The largest absolute Gasteiger partial charge is 0.464 e. The first kappa shape index (κ1) is 17.4. The first-order valence-corrected chi connectivity index (χ1v) is 9.09. The topological polar surface area (TPSA) is 84.3 Å². The van der Waals surface area contributed by atoms with Crippen molar-refractivity contribution >= 4 is 11.1 Å². The van der Waals surface area contributed by atoms with E-state index in [0.717, 1.165) is 19.6 Å². The fraction of sp³-hybridized carbons (Fsp3) is 0.300. The molecule has 0 amide bonds. The first-order chi connectivity index (χ1) is 13.2. The van der Waals surface area contributed by atoms with E-state index in [0.29, 0.717) is 46.0 Å². The minimum atomic E-state index is 0.347. The Morgan fingerprint density at radius 3 is 2.41 bits per heavy atom. The molecule has 0 aliphatic heterocycles. The fourth-order valence-corrected chi connectivity index (χ4v) is 3.25. The maximum atomic E-state index is 8.75. The van der Waals surface area contributed by atoms with E-state index in [9.17, 15) is 0 Å². The molecule has 7 nitrogen and oxygen atoms in total. The van der Waals surface area contributed by atoms with E-state index in [-0.39, 0.29) is 0 Å². The summed E-state index contributed by atoms with van der Waals surface area (Å²) in [7, 11) is 0. The average Bonchev–Trinajstić information content (AvgIpc) is 3.43. The van der Waals surface area contributed by atoms with E-state index in [4.69, 9.17) is 18.7 Å². The molecule has 140 valence electrons. The highest BCUT2D eigenvalue weighted by molar-refractivity contribution is 5.97. The summed E-state index contributed by atoms with van der Waals surface area (Å²) < 4.78 is 19.0. The number of hydrogen-bond acceptors (Lipinski definition) is 6. The summed E-state index contributed by atoms with van der Waals surface area (Å²) in [6, 6.07) is 7.29. The summed E-state index contributed by atoms with van der Waals surface area (Å²) in [4.78, 5) is 6.76. The quantitative estimate of drug-likeness (QED) is 0.535. The van der Waals surface area contributed by atoms with Crippen LogP contribution in [-0.2, 0) is 6.54 Å². The maximum absolute atomic E-state index is 8.75. The van der Waals surface area contributed by atoms with Crippen molar-refractivity contribution in [3.8, 4) is 22.8 Å². The zero-order valence-corrected chi connectivity index (χ0v) is 15.4. The molecule has 0 unspecified atom stereocenters. The number of likely N-dealkylation sites (N-methyl/N-ethyl adjacent to an activating group) is 1. The molecule has 4 heterocycles. The van der Waals surface area contributed by atoms with Gasteiger partial charge in [-0.3, -0.25) is 5.41 Å². The number of rotatable bonds is 7. The molecule has 4 rings (SSSR count). The van der Waals surface area contributed by atoms with Crippen LogP contribution in [0, 0.1) is 5.41 Å². The van der Waals surface area contributed by atoms with Gasteiger partial charge in [0.05, 0.1) is 23.5 Å². The summed E-state index contributed by atoms with van der Waals surface area (Å²) in [5.74, 6) is 1.72. The molecule has 0 spiro atoms. The van der Waals surface area contributed by atoms with Crippen molar-refractivity contribution < 1.29 is 13.3 Å². The second kappa shape index (κ2) is 7.28. The number of hydrogen-bond donors (Lipinski definition) is 1. The summed E-state index contributed by atoms with van der Waals surface area (Å²) in [5.41, 5.74) is 1.44. The van der Waals surface area contributed by atoms with E-state index in [2.05, 4.69) is 23.7 Å². The molecule has 0 bridgehead atoms. The van der Waals surface area contributed by atoms with Crippen LogP contribution in [0.2, 0.25) is 0 Å². The molecule has 0 radical (unpaired) electrons. The van der Waals surface area contributed by atoms with Crippen molar-refractivity contribution in [2.45, 2.75) is 20.4 Å². The Labute approximate surface area is 156 Å². The number of aromatic nitrogens is 2. The Morgan fingerprint density at radius 2 is 1.78 bits per heavy atom. The van der Waals surface area contributed by atoms with Gasteiger partial charge in [0.1, 0.15) is 17.6 Å². The Morgan fingerprint density at radius 1 is 1.07 bits per heavy atom. The number of nitrogens with one attached hydrogen (secondary N) is 1. The van der Waals surface area contributed by atoms with Gasteiger partial charge in [-0.2, -0.15) is 0 Å². The highest BCUT2D eigenvalue weighted by Gasteiger charge is 2.24. The van der Waals surface area contributed by atoms with Crippen molar-refractivity contribution in [3.05, 3.63) is 48.6 Å². The van der Waals surface area contributed by atoms with Gasteiger partial charge in [-0.25, -0.2) is 4.98 Å². The van der Waals surface area contributed by atoms with Crippen LogP contribution in [0.5, 0.6) is 0 Å². The number of fused-ring (bicyclic) bond motifs is 1. The third kappa shape index (κ3) is 3.10. The predicted octanol–water partition coefficient (Wildman–Crippen LogP) is 3.97. The molecule has 0 saturated carbocycles. The lowest BCUT2D eigenvalue weighted by atomic mass is 10.1. The second-order valence-corrected chi connectivity index (χ2v) is 6.25. The highest BCUT2D eigenvalue weighted by atomic mass is 16.4. The third-order valence-corrected chi connectivity index (χ3v) is 4.79. The van der Waals surface area contributed by atoms with Crippen molar-refractivity contribution in [2.75, 3.05) is 19.6 Å². The average molecular weight is 366 g/mol. The monoisotopic (exact) mass is 366 g/mol. The molecule has 1 N–H and O–H groups in total. The minimum Gasteiger partial charge on any atom is -0.464 e. The van der Waals surface area contributed by atoms with Crippen LogP contribution in [0.25, 0.3) is 33.9 Å². The molecule has 0 fully saturated rings. The molecule has 0 atom stereocenters. The summed E-state index contributed by atoms with van der Waals surface area (Å²) in [5, 5.41) is 9.38. The maximum Gasteiger partial charge on any atom is 0.232 e. The van der Waals surface area contributed by atoms with E-state index in [1.807, 2.05) is 22.8 Å². The van der Waals surface area contributed by atoms with Crippen molar-refractivity contribution in [3.63, 3.8) is 0 Å². The molecule has 7 heteroatoms. The third-order valence-electron chi connectivity index (χ3n) is 4.79. The SMILES string of the molecule is CCN(CC)CCn1cnc2oc(-c3ccco3)c(-c3ccco3)c2c1=N. The van der Waals surface area contributed by atoms with Crippen LogP contribution >= 0.6 is 0 Å². The van der Waals surface area contributed by atoms with Crippen molar-refractivity contribution in [1.82, 2.24) is 14.5 Å². The molecule has 4 aromatic rings. The molecule has 0 aromatic carbocycles. The zero-order chi connectivity index (χ0) is 18.8. The van der Waals surface area contributed by atoms with Crippen molar-refractivity contribution in [1.29, 1.82) is 5.41 Å². The van der Waals surface area contributed by atoms with Gasteiger partial charge in [0.2, 0.25) is 5.71 Å². The van der Waals surface area contributed by atoms with Gasteiger partial charge in [0, 0.05) is 13.1 Å². The van der Waals surface area contributed by atoms with Gasteiger partial charge in [0.25, 0.3) is 0 Å². The zero-order valence-electron chi connectivity index (χ0n) is 15.4. The molecule has 0 aliphatic carbocycles. The predicted molar refractivity (Wildman–Crippen MR) is 101 cm³/mol. The van der Waals surface area contributed by atoms with Gasteiger partial charge < -0.3 is 22.7 Å². The summed E-state index contributed by atoms with van der Waals surface area (Å²) in [6.45, 7) is 7.77. The lowest BCUT2D eigenvalue weighted by Crippen LogP contribution is -2.31. The van der Waals surface area contributed by atoms with Gasteiger partial charge in [0.15, 0.2) is 11.5 Å². The van der Waals surface area contributed by atoms with E-state index in [1.54, 1.807) is 24.9 Å². The number of nitrogens with zero attached hydrogens (tertiary/aromatic N) is 3. The summed E-state index contributed by atoms with van der Waals surface area (Å²) in [6.07, 6.45) is 4.86. The smallest absolute Gasteiger partial charge is 0.232 e. The lowest BCUT2D eigenvalue weighted by Gasteiger charge is -2.18. The van der Waals surface area contributed by atoms with Crippen LogP contribution in [0.3, 0.4) is 0 Å². The van der Waals surface area contributed by atoms with Crippen LogP contribution in [-0.4, -0.2) is 34.1 Å². The Kier molecular flexibility index (Phi) is 4.68. The van der Waals surface area contributed by atoms with Gasteiger partial charge in [-0.15, -0.1) is 0 Å². The Bertz CT molecular complexity index is 1070. The lowest BCUT2D eigenvalue weighted by molar-refractivity contribution is 0.288. The Balaban J connectivity index is 1.86. The molecule has 0 saturated heterocycles. The first-order valence-electron chi connectivity index (χ1n) is 9.09. The van der Waals surface area contributed by atoms with E-state index >= 15 is 0 Å². The molecule has 27 heavy (non-hydrogen) atoms. The van der Waals surface area contributed by atoms with Crippen LogP contribution in [0.1, 0.15) is 13.8 Å². The van der Waals surface area contributed by atoms with Crippen LogP contribution < -0.4 is 5.49 Å². The standard InChI is InChI=1S/C20H22N4O3/c1-3-23(4-2)9-10-24-13-22-20-17(19(24)21)16(14-7-5-11-25-14)18(27-20)15-8-6-12-26-15/h5-8,11-13,21H,3-4,9-10H2,1-2H3. The van der Waals surface area contributed by atoms with Crippen LogP contribution in [0.15, 0.2) is 56.4 Å². The number of furan rings is 3. The van der Waals surface area contributed by atoms with E-state index < -0.39 is 0 Å². The minimum absolute atomic E-state index is 0.347. The summed E-state index contributed by atoms with van der Waals surface area (Å²) >= 11 is 0. The molecular weight excluding hydrogens is 344 g/mol. The fourth-order valence-electron chi connectivity index (χ4n) is 3.25. The Hall–Kier alpha value is -3.06. The molecular formula is C20H22N4O3.